The van der Waals surface area contributed by atoms with Crippen molar-refractivity contribution in [2.45, 2.75) is 19.9 Å². The van der Waals surface area contributed by atoms with E-state index in [-0.39, 0.29) is 17.7 Å². The summed E-state index contributed by atoms with van der Waals surface area (Å²) >= 11 is 0. The highest BCUT2D eigenvalue weighted by Crippen LogP contribution is 2.16. The lowest BCUT2D eigenvalue weighted by Crippen LogP contribution is -2.37. The largest absolute Gasteiger partial charge is 0.459 e. The molecule has 6 heteroatoms. The van der Waals surface area contributed by atoms with Crippen molar-refractivity contribution < 1.29 is 14.0 Å². The minimum absolute atomic E-state index is 0.0376. The van der Waals surface area contributed by atoms with Crippen LogP contribution >= 0.6 is 0 Å². The van der Waals surface area contributed by atoms with Gasteiger partial charge in [0.1, 0.15) is 0 Å². The zero-order valence-electron chi connectivity index (χ0n) is 13.6. The molecule has 2 aromatic rings. The number of amides is 3. The fourth-order valence-corrected chi connectivity index (χ4v) is 2.77. The van der Waals surface area contributed by atoms with Crippen molar-refractivity contribution in [1.82, 2.24) is 10.2 Å². The maximum absolute atomic E-state index is 12.1. The molecule has 0 radical (unpaired) electrons. The molecule has 3 amide bonds. The van der Waals surface area contributed by atoms with E-state index in [0.717, 1.165) is 25.1 Å². The third-order valence-electron chi connectivity index (χ3n) is 4.08. The third kappa shape index (κ3) is 3.95. The first-order chi connectivity index (χ1) is 11.6. The van der Waals surface area contributed by atoms with Crippen molar-refractivity contribution in [2.75, 3.05) is 18.4 Å². The monoisotopic (exact) mass is 327 g/mol. The van der Waals surface area contributed by atoms with Crippen LogP contribution < -0.4 is 10.6 Å². The van der Waals surface area contributed by atoms with Crippen LogP contribution in [-0.4, -0.2) is 29.9 Å². The van der Waals surface area contributed by atoms with Crippen LogP contribution in [0.25, 0.3) is 0 Å². The van der Waals surface area contributed by atoms with Crippen LogP contribution in [0.4, 0.5) is 10.5 Å². The number of hydrogen-bond donors (Lipinski definition) is 2. The van der Waals surface area contributed by atoms with Gasteiger partial charge >= 0.3 is 6.03 Å². The number of nitrogens with one attached hydrogen (secondary N) is 2. The minimum atomic E-state index is -0.299. The van der Waals surface area contributed by atoms with Gasteiger partial charge < -0.3 is 20.0 Å². The minimum Gasteiger partial charge on any atom is -0.459 e. The highest BCUT2D eigenvalue weighted by atomic mass is 16.3. The molecule has 1 fully saturated rings. The number of carbonyl (C=O) groups is 2. The van der Waals surface area contributed by atoms with Crippen LogP contribution in [0.15, 0.2) is 47.1 Å². The smallest absolute Gasteiger partial charge is 0.317 e. The van der Waals surface area contributed by atoms with Crippen molar-refractivity contribution in [1.29, 1.82) is 0 Å². The Bertz CT molecular complexity index is 712. The van der Waals surface area contributed by atoms with Crippen molar-refractivity contribution in [3.05, 3.63) is 54.0 Å². The number of likely N-dealkylation sites (tertiary alicyclic amines) is 1. The first-order valence-corrected chi connectivity index (χ1v) is 8.08. The molecule has 1 unspecified atom stereocenters. The average Bonchev–Trinajstić information content (AvgIpc) is 3.24. The van der Waals surface area contributed by atoms with Crippen molar-refractivity contribution in [2.24, 2.45) is 5.92 Å². The number of rotatable bonds is 4. The number of hydrogen-bond acceptors (Lipinski definition) is 3. The zero-order chi connectivity index (χ0) is 16.9. The molecule has 0 saturated carbocycles. The molecule has 0 aliphatic carbocycles. The van der Waals surface area contributed by atoms with Gasteiger partial charge in [-0.2, -0.15) is 0 Å². The van der Waals surface area contributed by atoms with E-state index in [1.54, 1.807) is 18.2 Å². The summed E-state index contributed by atoms with van der Waals surface area (Å²) in [7, 11) is 0. The Morgan fingerprint density at radius 2 is 2.17 bits per heavy atom. The van der Waals surface area contributed by atoms with Gasteiger partial charge in [-0.3, -0.25) is 4.79 Å². The van der Waals surface area contributed by atoms with Crippen LogP contribution in [-0.2, 0) is 6.54 Å². The van der Waals surface area contributed by atoms with E-state index >= 15 is 0 Å². The van der Waals surface area contributed by atoms with Gasteiger partial charge in [-0.15, -0.1) is 0 Å². The first kappa shape index (κ1) is 16.1. The van der Waals surface area contributed by atoms with E-state index in [0.29, 0.717) is 18.2 Å². The van der Waals surface area contributed by atoms with E-state index in [4.69, 9.17) is 4.42 Å². The second-order valence-corrected chi connectivity index (χ2v) is 6.13. The summed E-state index contributed by atoms with van der Waals surface area (Å²) in [4.78, 5) is 25.9. The molecule has 2 N–H and O–H groups in total. The van der Waals surface area contributed by atoms with Crippen molar-refractivity contribution >= 4 is 17.6 Å². The Morgan fingerprint density at radius 3 is 2.88 bits per heavy atom. The topological polar surface area (TPSA) is 74.6 Å². The fraction of sp³-hybridized carbons (Fsp3) is 0.333. The standard InChI is InChI=1S/C18H21N3O3/c1-13-7-8-21(12-13)18(23)19-11-14-4-2-5-15(10-14)20-17(22)16-6-3-9-24-16/h2-6,9-10,13H,7-8,11-12H2,1H3,(H,19,23)(H,20,22). The molecule has 0 spiro atoms. The molecule has 126 valence electrons. The van der Waals surface area contributed by atoms with Crippen molar-refractivity contribution in [3.63, 3.8) is 0 Å². The normalized spacial score (nSPS) is 16.9. The van der Waals surface area contributed by atoms with E-state index in [1.165, 1.54) is 6.26 Å². The second kappa shape index (κ2) is 7.21. The molecule has 3 rings (SSSR count). The van der Waals surface area contributed by atoms with Crippen LogP contribution in [0.3, 0.4) is 0 Å². The first-order valence-electron chi connectivity index (χ1n) is 8.08. The van der Waals surface area contributed by atoms with E-state index in [1.807, 2.05) is 23.1 Å². The van der Waals surface area contributed by atoms with E-state index in [2.05, 4.69) is 17.6 Å². The van der Waals surface area contributed by atoms with Gasteiger partial charge in [0, 0.05) is 25.3 Å². The summed E-state index contributed by atoms with van der Waals surface area (Å²) in [5.74, 6) is 0.528. The molecule has 1 aliphatic rings. The molecule has 0 bridgehead atoms. The summed E-state index contributed by atoms with van der Waals surface area (Å²) in [5.41, 5.74) is 1.59. The predicted octanol–water partition coefficient (Wildman–Crippen LogP) is 3.08. The van der Waals surface area contributed by atoms with E-state index in [9.17, 15) is 9.59 Å². The Kier molecular flexibility index (Phi) is 4.84. The highest BCUT2D eigenvalue weighted by Gasteiger charge is 2.22. The predicted molar refractivity (Wildman–Crippen MR) is 90.7 cm³/mol. The number of anilines is 1. The number of nitrogens with zero attached hydrogens (tertiary/aromatic N) is 1. The number of carbonyl (C=O) groups excluding carboxylic acids is 2. The Morgan fingerprint density at radius 1 is 1.29 bits per heavy atom. The van der Waals surface area contributed by atoms with Crippen LogP contribution in [0.5, 0.6) is 0 Å². The van der Waals surface area contributed by atoms with Gasteiger partial charge in [-0.25, -0.2) is 4.79 Å². The van der Waals surface area contributed by atoms with Gasteiger partial charge in [-0.05, 0) is 42.2 Å². The number of furan rings is 1. The van der Waals surface area contributed by atoms with Gasteiger partial charge in [0.15, 0.2) is 5.76 Å². The molecule has 6 nitrogen and oxygen atoms in total. The molecule has 1 saturated heterocycles. The van der Waals surface area contributed by atoms with Gasteiger partial charge in [0.25, 0.3) is 5.91 Å². The zero-order valence-corrected chi connectivity index (χ0v) is 13.6. The number of benzene rings is 1. The van der Waals surface area contributed by atoms with Gasteiger partial charge in [0.05, 0.1) is 6.26 Å². The second-order valence-electron chi connectivity index (χ2n) is 6.13. The SMILES string of the molecule is CC1CCN(C(=O)NCc2cccc(NC(=O)c3ccco3)c2)C1. The van der Waals surface area contributed by atoms with Gasteiger partial charge in [-0.1, -0.05) is 19.1 Å². The highest BCUT2D eigenvalue weighted by molar-refractivity contribution is 6.02. The summed E-state index contributed by atoms with van der Waals surface area (Å²) in [6, 6.07) is 10.6. The lowest BCUT2D eigenvalue weighted by molar-refractivity contribution is 0.0996. The maximum atomic E-state index is 12.1. The fourth-order valence-electron chi connectivity index (χ4n) is 2.77. The van der Waals surface area contributed by atoms with E-state index < -0.39 is 0 Å². The number of urea groups is 1. The van der Waals surface area contributed by atoms with Crippen molar-refractivity contribution in [3.8, 4) is 0 Å². The van der Waals surface area contributed by atoms with Crippen LogP contribution in [0.2, 0.25) is 0 Å². The summed E-state index contributed by atoms with van der Waals surface area (Å²) in [5, 5.41) is 5.70. The Hall–Kier alpha value is -2.76. The summed E-state index contributed by atoms with van der Waals surface area (Å²) in [6.07, 6.45) is 2.52. The molecule has 2 heterocycles. The molecule has 1 aromatic heterocycles. The maximum Gasteiger partial charge on any atom is 0.317 e. The van der Waals surface area contributed by atoms with Crippen LogP contribution in [0, 0.1) is 5.92 Å². The van der Waals surface area contributed by atoms with Gasteiger partial charge in [0.2, 0.25) is 0 Å². The molecular weight excluding hydrogens is 306 g/mol. The molecule has 1 aliphatic heterocycles. The molecule has 1 atom stereocenters. The molecule has 24 heavy (non-hydrogen) atoms. The third-order valence-corrected chi connectivity index (χ3v) is 4.08. The quantitative estimate of drug-likeness (QED) is 0.906. The molecular formula is C18H21N3O3. The summed E-state index contributed by atoms with van der Waals surface area (Å²) in [6.45, 7) is 4.20. The molecule has 1 aromatic carbocycles. The lowest BCUT2D eigenvalue weighted by atomic mass is 10.2. The Labute approximate surface area is 140 Å². The van der Waals surface area contributed by atoms with Crippen LogP contribution in [0.1, 0.15) is 29.5 Å². The summed E-state index contributed by atoms with van der Waals surface area (Å²) < 4.78 is 5.07. The lowest BCUT2D eigenvalue weighted by Gasteiger charge is -2.17. The average molecular weight is 327 g/mol. The Balaban J connectivity index is 1.55.